The quantitative estimate of drug-likeness (QED) is 0.198. The number of fused-ring (bicyclic) bond motifs is 9. The van der Waals surface area contributed by atoms with Crippen LogP contribution in [0.2, 0.25) is 0 Å². The maximum absolute atomic E-state index is 8.88. The largest absolute Gasteiger partial charge is 0.455 e. The van der Waals surface area contributed by atoms with Crippen LogP contribution in [-0.4, -0.2) is 0 Å². The predicted molar refractivity (Wildman–Crippen MR) is 183 cm³/mol. The molecule has 1 aromatic heterocycles. The topological polar surface area (TPSA) is 13.1 Å². The smallest absolute Gasteiger partial charge is 0.143 e. The maximum Gasteiger partial charge on any atom is 0.143 e. The molecule has 0 fully saturated rings. The molecule has 0 aliphatic heterocycles. The van der Waals surface area contributed by atoms with Crippen molar-refractivity contribution < 1.29 is 14.0 Å². The summed E-state index contributed by atoms with van der Waals surface area (Å²) in [6.45, 7) is 0. The van der Waals surface area contributed by atoms with Crippen LogP contribution in [0.5, 0.6) is 0 Å². The molecule has 9 rings (SSSR count). The van der Waals surface area contributed by atoms with E-state index >= 15 is 0 Å². The first-order valence-corrected chi connectivity index (χ1v) is 14.2. The van der Waals surface area contributed by atoms with Gasteiger partial charge in [0, 0.05) is 16.3 Å². The van der Waals surface area contributed by atoms with Crippen LogP contribution in [0, 0.1) is 0 Å². The fourth-order valence-electron chi connectivity index (χ4n) is 6.35. The highest BCUT2D eigenvalue weighted by Crippen LogP contribution is 2.39. The van der Waals surface area contributed by atoms with Crippen molar-refractivity contribution in [1.82, 2.24) is 0 Å². The van der Waals surface area contributed by atoms with Crippen LogP contribution in [-0.2, 0) is 0 Å². The van der Waals surface area contributed by atoms with E-state index < -0.39 is 12.1 Å². The third-order valence-electron chi connectivity index (χ3n) is 8.36. The fourth-order valence-corrected chi connectivity index (χ4v) is 6.35. The average Bonchev–Trinajstić information content (AvgIpc) is 3.56. The Morgan fingerprint density at radius 1 is 0.372 bits per heavy atom. The van der Waals surface area contributed by atoms with E-state index in [-0.39, 0.29) is 57.7 Å². The van der Waals surface area contributed by atoms with Gasteiger partial charge in [0.25, 0.3) is 0 Å². The van der Waals surface area contributed by atoms with E-state index in [0.717, 1.165) is 22.3 Å². The molecule has 1 heterocycles. The van der Waals surface area contributed by atoms with Crippen molar-refractivity contribution in [2.45, 2.75) is 0 Å². The summed E-state index contributed by atoms with van der Waals surface area (Å²) in [5, 5.41) is 7.42. The van der Waals surface area contributed by atoms with E-state index in [1.165, 1.54) is 32.3 Å². The first-order valence-electron chi connectivity index (χ1n) is 17.7. The molecule has 0 aliphatic carbocycles. The van der Waals surface area contributed by atoms with E-state index in [1.54, 1.807) is 0 Å². The van der Waals surface area contributed by atoms with Gasteiger partial charge in [-0.25, -0.2) is 0 Å². The molecular formula is C42H26O. The van der Waals surface area contributed by atoms with Crippen LogP contribution in [0.15, 0.2) is 162 Å². The first kappa shape index (κ1) is 18.0. The van der Waals surface area contributed by atoms with Crippen molar-refractivity contribution in [2.24, 2.45) is 0 Å². The fraction of sp³-hybridized carbons (Fsp3) is 0. The number of rotatable bonds is 3. The van der Waals surface area contributed by atoms with E-state index in [1.807, 2.05) is 36.4 Å². The Morgan fingerprint density at radius 2 is 0.907 bits per heavy atom. The monoisotopic (exact) mass is 553 g/mol. The van der Waals surface area contributed by atoms with Gasteiger partial charge in [-0.15, -0.1) is 0 Å². The first-order chi connectivity index (χ1) is 24.2. The van der Waals surface area contributed by atoms with Gasteiger partial charge in [0.05, 0.1) is 9.60 Å². The number of hydrogen-bond acceptors (Lipinski definition) is 1. The number of para-hydroxylation sites is 2. The molecule has 0 saturated heterocycles. The van der Waals surface area contributed by atoms with E-state index in [9.17, 15) is 0 Å². The molecule has 0 unspecified atom stereocenters. The van der Waals surface area contributed by atoms with Gasteiger partial charge in [-0.05, 0) is 84.4 Å². The lowest BCUT2D eigenvalue weighted by atomic mass is 9.91. The Morgan fingerprint density at radius 3 is 1.60 bits per heavy atom. The molecule has 9 aromatic rings. The summed E-state index contributed by atoms with van der Waals surface area (Å²) < 4.78 is 65.6. The summed E-state index contributed by atoms with van der Waals surface area (Å²) in [7, 11) is 0. The zero-order valence-corrected chi connectivity index (χ0v) is 22.9. The lowest BCUT2D eigenvalue weighted by Crippen LogP contribution is -1.86. The van der Waals surface area contributed by atoms with Gasteiger partial charge in [-0.1, -0.05) is 133 Å². The minimum Gasteiger partial charge on any atom is -0.455 e. The molecule has 0 bridgehead atoms. The SMILES string of the molecule is [2H]c1c([2H])c([2H])c2c(oc3c(-c4cccc(-c5cccc(-c6ccc7c8ccccc8c8ccccc8c7c6)c5)c4)c([2H])c([2H])c([2H])c32)c1[2H]. The number of benzene rings is 8. The van der Waals surface area contributed by atoms with Crippen LogP contribution in [0.1, 0.15) is 9.60 Å². The van der Waals surface area contributed by atoms with Gasteiger partial charge in [0.1, 0.15) is 11.2 Å². The van der Waals surface area contributed by atoms with Crippen molar-refractivity contribution in [3.8, 4) is 33.4 Å². The summed E-state index contributed by atoms with van der Waals surface area (Å²) >= 11 is 0. The molecule has 200 valence electrons. The number of furan rings is 1. The van der Waals surface area contributed by atoms with Gasteiger partial charge >= 0.3 is 0 Å². The summed E-state index contributed by atoms with van der Waals surface area (Å²) in [6, 6.07) is 37.1. The van der Waals surface area contributed by atoms with E-state index in [4.69, 9.17) is 14.0 Å². The van der Waals surface area contributed by atoms with Crippen molar-refractivity contribution in [3.05, 3.63) is 158 Å². The Balaban J connectivity index is 1.20. The van der Waals surface area contributed by atoms with Crippen LogP contribution < -0.4 is 0 Å². The van der Waals surface area contributed by atoms with Crippen LogP contribution in [0.4, 0.5) is 0 Å². The second kappa shape index (κ2) is 9.44. The molecule has 0 amide bonds. The summed E-state index contributed by atoms with van der Waals surface area (Å²) in [6.07, 6.45) is 0. The van der Waals surface area contributed by atoms with Gasteiger partial charge in [0.15, 0.2) is 0 Å². The van der Waals surface area contributed by atoms with Gasteiger partial charge in [-0.3, -0.25) is 0 Å². The predicted octanol–water partition coefficient (Wildman–Crippen LogP) is 12.0. The molecule has 0 radical (unpaired) electrons. The van der Waals surface area contributed by atoms with Gasteiger partial charge < -0.3 is 4.42 Å². The molecule has 1 nitrogen and oxygen atoms in total. The minimum absolute atomic E-state index is 0.0470. The Bertz CT molecular complexity index is 2870. The van der Waals surface area contributed by atoms with Gasteiger partial charge in [-0.2, -0.15) is 0 Å². The molecule has 0 spiro atoms. The van der Waals surface area contributed by atoms with E-state index in [2.05, 4.69) is 78.9 Å². The highest BCUT2D eigenvalue weighted by Gasteiger charge is 2.13. The maximum atomic E-state index is 8.88. The normalized spacial score (nSPS) is 14.0. The molecule has 8 aromatic carbocycles. The molecule has 0 N–H and O–H groups in total. The minimum atomic E-state index is -0.443. The van der Waals surface area contributed by atoms with Crippen molar-refractivity contribution in [1.29, 1.82) is 0 Å². The van der Waals surface area contributed by atoms with Crippen molar-refractivity contribution >= 4 is 54.3 Å². The third kappa shape index (κ3) is 3.79. The summed E-state index contributed by atoms with van der Waals surface area (Å²) in [5.41, 5.74) is 4.79. The van der Waals surface area contributed by atoms with Gasteiger partial charge in [0.2, 0.25) is 0 Å². The summed E-state index contributed by atoms with van der Waals surface area (Å²) in [5.74, 6) is 0. The zero-order chi connectivity index (χ0) is 34.4. The Kier molecular flexibility index (Phi) is 3.95. The van der Waals surface area contributed by atoms with Crippen molar-refractivity contribution in [2.75, 3.05) is 0 Å². The third-order valence-corrected chi connectivity index (χ3v) is 8.36. The standard InChI is InChI=1S/C42H26O/c1-2-16-35-33(14-1)34-15-3-4-17-36(34)40-26-30(22-23-37(35)40)28-11-7-10-27(24-28)29-12-8-13-31(25-29)32-19-9-20-39-38-18-5-6-21-41(38)43-42(32)39/h1-26H/i5D,6D,9D,18D,19D,20D,21D. The Hall–Kier alpha value is -5.66. The van der Waals surface area contributed by atoms with E-state index in [0.29, 0.717) is 5.56 Å². The summed E-state index contributed by atoms with van der Waals surface area (Å²) in [4.78, 5) is 0. The zero-order valence-electron chi connectivity index (χ0n) is 29.9. The van der Waals surface area contributed by atoms with Crippen LogP contribution in [0.3, 0.4) is 0 Å². The highest BCUT2D eigenvalue weighted by atomic mass is 16.3. The highest BCUT2D eigenvalue weighted by molar-refractivity contribution is 6.25. The molecule has 0 saturated carbocycles. The second-order valence-corrected chi connectivity index (χ2v) is 10.8. The molecule has 1 heteroatoms. The number of hydrogen-bond donors (Lipinski definition) is 0. The van der Waals surface area contributed by atoms with Crippen molar-refractivity contribution in [3.63, 3.8) is 0 Å². The molecule has 43 heavy (non-hydrogen) atoms. The molecule has 0 atom stereocenters. The lowest BCUT2D eigenvalue weighted by molar-refractivity contribution is 0.670. The lowest BCUT2D eigenvalue weighted by Gasteiger charge is -2.13. The second-order valence-electron chi connectivity index (χ2n) is 10.8. The molecular weight excluding hydrogens is 520 g/mol. The Labute approximate surface area is 259 Å². The van der Waals surface area contributed by atoms with Crippen LogP contribution in [0.25, 0.3) is 87.6 Å². The van der Waals surface area contributed by atoms with Crippen LogP contribution >= 0.6 is 0 Å². The molecule has 0 aliphatic rings. The average molecular weight is 554 g/mol.